The lowest BCUT2D eigenvalue weighted by atomic mass is 9.93. The lowest BCUT2D eigenvalue weighted by Crippen LogP contribution is -2.35. The van der Waals surface area contributed by atoms with Crippen molar-refractivity contribution in [2.24, 2.45) is 13.0 Å². The van der Waals surface area contributed by atoms with E-state index in [1.54, 1.807) is 6.07 Å². The normalized spacial score (nSPS) is 17.1. The van der Waals surface area contributed by atoms with E-state index in [4.69, 9.17) is 16.6 Å². The maximum Gasteiger partial charge on any atom is 0.292 e. The van der Waals surface area contributed by atoms with E-state index in [1.807, 2.05) is 0 Å². The fourth-order valence-electron chi connectivity index (χ4n) is 7.33. The first-order chi connectivity index (χ1) is 26.2. The van der Waals surface area contributed by atoms with Crippen LogP contribution in [0.2, 0.25) is 5.02 Å². The van der Waals surface area contributed by atoms with Crippen LogP contribution in [0.4, 0.5) is 32.2 Å². The maximum absolute atomic E-state index is 15.6. The quantitative estimate of drug-likeness (QED) is 0.128. The zero-order valence-electron chi connectivity index (χ0n) is 29.8. The smallest absolute Gasteiger partial charge is 0.292 e. The van der Waals surface area contributed by atoms with E-state index in [0.29, 0.717) is 16.3 Å². The van der Waals surface area contributed by atoms with E-state index in [1.165, 1.54) is 49.8 Å². The molecule has 1 amide bonds. The predicted octanol–water partition coefficient (Wildman–Crippen LogP) is 6.86. The maximum atomic E-state index is 15.6. The number of carbonyl (C=O) groups excluding carboxylic acids is 1. The van der Waals surface area contributed by atoms with Crippen LogP contribution in [-0.4, -0.2) is 50.1 Å². The Morgan fingerprint density at radius 3 is 2.38 bits per heavy atom. The first-order valence-corrected chi connectivity index (χ1v) is 19.2. The topological polar surface area (TPSA) is 157 Å². The number of carbonyl (C=O) groups is 1. The molecule has 0 spiro atoms. The summed E-state index contributed by atoms with van der Waals surface area (Å²) in [5.74, 6) is -8.95. The number of hydrogen-bond donors (Lipinski definition) is 3. The van der Waals surface area contributed by atoms with Gasteiger partial charge in [0.25, 0.3) is 12.3 Å². The number of aryl methyl sites for hydroxylation is 1. The Hall–Kier alpha value is -5.43. The van der Waals surface area contributed by atoms with Crippen molar-refractivity contribution < 1.29 is 39.6 Å². The molecule has 1 aliphatic carbocycles. The molecule has 12 nitrogen and oxygen atoms in total. The van der Waals surface area contributed by atoms with Gasteiger partial charge in [-0.3, -0.25) is 23.7 Å². The second-order valence-electron chi connectivity index (χ2n) is 13.7. The fourth-order valence-corrected chi connectivity index (χ4v) is 8.07. The highest BCUT2D eigenvalue weighted by Gasteiger charge is 2.55. The zero-order valence-corrected chi connectivity index (χ0v) is 31.3. The van der Waals surface area contributed by atoms with Crippen LogP contribution in [0.3, 0.4) is 0 Å². The number of sulfonamides is 1. The van der Waals surface area contributed by atoms with E-state index in [2.05, 4.69) is 25.2 Å². The molecule has 0 radical (unpaired) electrons. The van der Waals surface area contributed by atoms with Gasteiger partial charge in [-0.05, 0) is 48.2 Å². The third kappa shape index (κ3) is 6.97. The number of aromatic nitrogens is 6. The summed E-state index contributed by atoms with van der Waals surface area (Å²) in [4.78, 5) is 33.8. The molecule has 3 N–H and O–H groups in total. The summed E-state index contributed by atoms with van der Waals surface area (Å²) < 4.78 is 117. The number of H-pyrrole nitrogens is 1. The minimum atomic E-state index is -3.85. The molecule has 7 rings (SSSR count). The Morgan fingerprint density at radius 2 is 1.71 bits per heavy atom. The van der Waals surface area contributed by atoms with Crippen LogP contribution in [0.25, 0.3) is 33.1 Å². The number of alkyl halides is 4. The van der Waals surface area contributed by atoms with E-state index in [-0.39, 0.29) is 61.6 Å². The van der Waals surface area contributed by atoms with Crippen LogP contribution in [0.1, 0.15) is 60.4 Å². The monoisotopic (exact) mass is 820 g/mol. The van der Waals surface area contributed by atoms with Gasteiger partial charge in [-0.1, -0.05) is 31.5 Å². The number of pyridine rings is 2. The Balaban J connectivity index is 1.42. The number of halogens is 7. The third-order valence-electron chi connectivity index (χ3n) is 9.88. The van der Waals surface area contributed by atoms with E-state index < -0.39 is 81.3 Å². The van der Waals surface area contributed by atoms with Gasteiger partial charge in [0.05, 0.1) is 45.0 Å². The van der Waals surface area contributed by atoms with Crippen LogP contribution < -0.4 is 15.6 Å². The largest absolute Gasteiger partial charge is 0.346 e. The summed E-state index contributed by atoms with van der Waals surface area (Å²) in [5, 5.41) is 11.0. The predicted molar refractivity (Wildman–Crippen MR) is 195 cm³/mol. The van der Waals surface area contributed by atoms with Gasteiger partial charge in [0.1, 0.15) is 29.6 Å². The summed E-state index contributed by atoms with van der Waals surface area (Å²) in [5.41, 5.74) is -1.23. The van der Waals surface area contributed by atoms with Gasteiger partial charge in [0.2, 0.25) is 21.5 Å². The number of aromatic amines is 1. The second-order valence-corrected chi connectivity index (χ2v) is 15.9. The first kappa shape index (κ1) is 38.8. The third-order valence-corrected chi connectivity index (χ3v) is 10.8. The lowest BCUT2D eigenvalue weighted by molar-refractivity contribution is -0.123. The average Bonchev–Trinajstić information content (AvgIpc) is 3.69. The van der Waals surface area contributed by atoms with Gasteiger partial charge in [-0.15, -0.1) is 0 Å². The highest BCUT2D eigenvalue weighted by molar-refractivity contribution is 7.92. The molecule has 0 saturated carbocycles. The van der Waals surface area contributed by atoms with Crippen molar-refractivity contribution in [2.45, 2.75) is 51.1 Å². The minimum Gasteiger partial charge on any atom is -0.346 e. The fraction of sp³-hybridized carbons (Fsp3) is 0.306. The summed E-state index contributed by atoms with van der Waals surface area (Å²) in [6, 6.07) is 8.46. The van der Waals surface area contributed by atoms with E-state index >= 15 is 8.78 Å². The summed E-state index contributed by atoms with van der Waals surface area (Å²) in [6.07, 6.45) is -2.63. The number of hydrogen-bond acceptors (Lipinski definition) is 7. The Bertz CT molecular complexity index is 2730. The summed E-state index contributed by atoms with van der Waals surface area (Å²) in [6.45, 7) is 1.66. The lowest BCUT2D eigenvalue weighted by Gasteiger charge is -2.24. The zero-order chi connectivity index (χ0) is 40.6. The van der Waals surface area contributed by atoms with Crippen molar-refractivity contribution in [3.8, 4) is 11.1 Å². The molecule has 294 valence electrons. The molecule has 56 heavy (non-hydrogen) atoms. The van der Waals surface area contributed by atoms with Crippen LogP contribution >= 0.6 is 11.6 Å². The van der Waals surface area contributed by atoms with Crippen molar-refractivity contribution in [2.75, 3.05) is 11.0 Å². The van der Waals surface area contributed by atoms with Crippen LogP contribution in [0.15, 0.2) is 53.3 Å². The molecule has 1 aliphatic rings. The molecule has 1 unspecified atom stereocenters. The number of nitrogens with zero attached hydrogens (tertiary/aromatic N) is 5. The molecule has 0 fully saturated rings. The van der Waals surface area contributed by atoms with Gasteiger partial charge in [0, 0.05) is 41.8 Å². The van der Waals surface area contributed by atoms with Crippen molar-refractivity contribution >= 4 is 55.3 Å². The SMILES string of the molecule is C[C@@H]1c2c(C(F)F)nn(CC(=O)NC(Cc3cc(F)cc(F)c3)c3nc4ccc(=O)[nH]c4cc3-c3ccc(Cl)c4c(NS(C)(=O)=O)nn(C)c34)c2C(F)(F)[C@@H]1C. The average molecular weight is 821 g/mol. The number of rotatable bonds is 10. The van der Waals surface area contributed by atoms with Crippen LogP contribution in [0.5, 0.6) is 0 Å². The Kier molecular flexibility index (Phi) is 9.67. The number of anilines is 1. The van der Waals surface area contributed by atoms with Crippen molar-refractivity contribution in [3.05, 3.63) is 104 Å². The Morgan fingerprint density at radius 1 is 1.02 bits per heavy atom. The molecule has 4 aromatic heterocycles. The Labute approximate surface area is 318 Å². The standard InChI is InChI=1S/C36H31ClF6N8O4S/c1-15-16(2)36(42,43)33-28(15)31(34(40)41)47-51(33)14-27(53)45-25(11-17-9-18(38)12-19(39)10-17)30-21(13-24-23(46-30)7-8-26(52)44-24)20-5-6-22(37)29-32(20)50(3)48-35(29)49-56(4,54)55/h5-10,12-13,15-16,25,34H,11,14H2,1-4H3,(H,44,52)(H,45,53)(H,48,49)/t15-,16+,25?/m0/s1. The van der Waals surface area contributed by atoms with Crippen LogP contribution in [0, 0.1) is 17.6 Å². The molecule has 0 saturated heterocycles. The van der Waals surface area contributed by atoms with Gasteiger partial charge < -0.3 is 10.3 Å². The second kappa shape index (κ2) is 13.9. The molecule has 0 bridgehead atoms. The highest BCUT2D eigenvalue weighted by atomic mass is 35.5. The molecular weight excluding hydrogens is 790 g/mol. The number of fused-ring (bicyclic) bond motifs is 3. The van der Waals surface area contributed by atoms with Gasteiger partial charge in [-0.25, -0.2) is 31.0 Å². The van der Waals surface area contributed by atoms with Crippen molar-refractivity contribution in [3.63, 3.8) is 0 Å². The van der Waals surface area contributed by atoms with Gasteiger partial charge >= 0.3 is 0 Å². The molecule has 0 aliphatic heterocycles. The molecular formula is C36H31ClF6N8O4S. The summed E-state index contributed by atoms with van der Waals surface area (Å²) in [7, 11) is -2.34. The number of benzene rings is 2. The van der Waals surface area contributed by atoms with Gasteiger partial charge in [0.15, 0.2) is 5.82 Å². The highest BCUT2D eigenvalue weighted by Crippen LogP contribution is 2.54. The van der Waals surface area contributed by atoms with Gasteiger partial charge in [-0.2, -0.15) is 19.0 Å². The molecule has 6 aromatic rings. The number of nitrogens with one attached hydrogen (secondary N) is 3. The van der Waals surface area contributed by atoms with E-state index in [0.717, 1.165) is 18.4 Å². The molecule has 4 heterocycles. The number of amides is 1. The van der Waals surface area contributed by atoms with Crippen molar-refractivity contribution in [1.82, 2.24) is 34.8 Å². The minimum absolute atomic E-state index is 0.0385. The molecule has 3 atom stereocenters. The molecule has 2 aromatic carbocycles. The molecule has 20 heteroatoms. The van der Waals surface area contributed by atoms with Crippen molar-refractivity contribution in [1.29, 1.82) is 0 Å². The first-order valence-electron chi connectivity index (χ1n) is 16.9. The summed E-state index contributed by atoms with van der Waals surface area (Å²) >= 11 is 6.58. The van der Waals surface area contributed by atoms with E-state index in [9.17, 15) is 35.6 Å². The van der Waals surface area contributed by atoms with Crippen LogP contribution in [-0.2, 0) is 40.8 Å².